The van der Waals surface area contributed by atoms with Crippen LogP contribution < -0.4 is 5.32 Å². The van der Waals surface area contributed by atoms with Gasteiger partial charge in [-0.3, -0.25) is 4.79 Å². The van der Waals surface area contributed by atoms with Crippen molar-refractivity contribution in [3.63, 3.8) is 0 Å². The molecule has 0 radical (unpaired) electrons. The minimum absolute atomic E-state index is 0.0694. The van der Waals surface area contributed by atoms with Crippen LogP contribution in [0, 0.1) is 17.1 Å². The van der Waals surface area contributed by atoms with E-state index in [1.165, 1.54) is 42.5 Å². The highest BCUT2D eigenvalue weighted by atomic mass is 35.5. The van der Waals surface area contributed by atoms with Gasteiger partial charge in [-0.05, 0) is 77.7 Å². The highest BCUT2D eigenvalue weighted by molar-refractivity contribution is 6.30. The molecule has 4 nitrogen and oxygen atoms in total. The van der Waals surface area contributed by atoms with Crippen LogP contribution in [0.3, 0.4) is 0 Å². The maximum atomic E-state index is 13.5. The minimum Gasteiger partial charge on any atom is -0.508 e. The molecule has 3 aromatic carbocycles. The summed E-state index contributed by atoms with van der Waals surface area (Å²) in [6.45, 7) is 0. The molecule has 0 unspecified atom stereocenters. The van der Waals surface area contributed by atoms with Crippen molar-refractivity contribution < 1.29 is 14.3 Å². The topological polar surface area (TPSA) is 73.1 Å². The number of amides is 1. The van der Waals surface area contributed by atoms with E-state index in [1.54, 1.807) is 30.3 Å². The number of hydrogen-bond donors (Lipinski definition) is 2. The molecule has 1 amide bonds. The van der Waals surface area contributed by atoms with E-state index in [0.717, 1.165) is 11.1 Å². The number of hydrogen-bond acceptors (Lipinski definition) is 3. The van der Waals surface area contributed by atoms with E-state index in [4.69, 9.17) is 11.6 Å². The Morgan fingerprint density at radius 3 is 2.59 bits per heavy atom. The SMILES string of the molecule is N#C/C(=C\c1cc(Cl)ccc1Cc1cccc(F)c1)C(=O)Nc1ccc(O)cc1. The zero-order valence-corrected chi connectivity index (χ0v) is 15.9. The lowest BCUT2D eigenvalue weighted by Gasteiger charge is -2.09. The Hall–Kier alpha value is -3.62. The average molecular weight is 407 g/mol. The number of phenolic OH excluding ortho intramolecular Hbond substituents is 1. The van der Waals surface area contributed by atoms with Crippen LogP contribution in [0.1, 0.15) is 16.7 Å². The molecule has 3 rings (SSSR count). The highest BCUT2D eigenvalue weighted by Crippen LogP contribution is 2.23. The third-order valence-electron chi connectivity index (χ3n) is 4.18. The lowest BCUT2D eigenvalue weighted by atomic mass is 9.98. The molecular weight excluding hydrogens is 391 g/mol. The van der Waals surface area contributed by atoms with Crippen molar-refractivity contribution in [2.75, 3.05) is 5.32 Å². The van der Waals surface area contributed by atoms with Crippen LogP contribution in [0.2, 0.25) is 5.02 Å². The zero-order valence-electron chi connectivity index (χ0n) is 15.2. The molecule has 6 heteroatoms. The van der Waals surface area contributed by atoms with Crippen LogP contribution in [-0.4, -0.2) is 11.0 Å². The van der Waals surface area contributed by atoms with Gasteiger partial charge in [0.1, 0.15) is 23.2 Å². The van der Waals surface area contributed by atoms with Crippen molar-refractivity contribution in [1.29, 1.82) is 5.26 Å². The van der Waals surface area contributed by atoms with Gasteiger partial charge in [-0.15, -0.1) is 0 Å². The summed E-state index contributed by atoms with van der Waals surface area (Å²) in [6.07, 6.45) is 1.87. The van der Waals surface area contributed by atoms with Crippen molar-refractivity contribution >= 4 is 29.3 Å². The lowest BCUT2D eigenvalue weighted by molar-refractivity contribution is -0.112. The second-order valence-electron chi connectivity index (χ2n) is 6.32. The number of anilines is 1. The van der Waals surface area contributed by atoms with Gasteiger partial charge in [-0.25, -0.2) is 4.39 Å². The standard InChI is InChI=1S/C23H16ClFN2O2/c24-19-5-4-16(10-15-2-1-3-20(25)11-15)17(13-19)12-18(14-26)23(29)27-21-6-8-22(28)9-7-21/h1-9,11-13,28H,10H2,(H,27,29)/b18-12+. The molecule has 0 aliphatic carbocycles. The molecule has 0 atom stereocenters. The van der Waals surface area contributed by atoms with Gasteiger partial charge < -0.3 is 10.4 Å². The van der Waals surface area contributed by atoms with Crippen molar-refractivity contribution in [1.82, 2.24) is 0 Å². The molecule has 29 heavy (non-hydrogen) atoms. The van der Waals surface area contributed by atoms with E-state index in [2.05, 4.69) is 5.32 Å². The zero-order chi connectivity index (χ0) is 20.8. The van der Waals surface area contributed by atoms with Gasteiger partial charge in [0.2, 0.25) is 0 Å². The van der Waals surface area contributed by atoms with E-state index in [9.17, 15) is 19.6 Å². The third kappa shape index (κ3) is 5.44. The number of rotatable bonds is 5. The third-order valence-corrected chi connectivity index (χ3v) is 4.42. The van der Waals surface area contributed by atoms with Crippen LogP contribution in [0.4, 0.5) is 10.1 Å². The summed E-state index contributed by atoms with van der Waals surface area (Å²) >= 11 is 6.10. The average Bonchev–Trinajstić information content (AvgIpc) is 2.69. The number of carbonyl (C=O) groups excluding carboxylic acids is 1. The number of nitrogens with one attached hydrogen (secondary N) is 1. The van der Waals surface area contributed by atoms with E-state index in [1.807, 2.05) is 6.07 Å². The Kier molecular flexibility index (Phi) is 6.28. The van der Waals surface area contributed by atoms with Crippen LogP contribution in [0.25, 0.3) is 6.08 Å². The summed E-state index contributed by atoms with van der Waals surface area (Å²) in [4.78, 5) is 12.5. The molecule has 0 saturated carbocycles. The molecule has 0 fully saturated rings. The van der Waals surface area contributed by atoms with Crippen molar-refractivity contribution in [2.45, 2.75) is 6.42 Å². The van der Waals surface area contributed by atoms with E-state index < -0.39 is 5.91 Å². The van der Waals surface area contributed by atoms with Crippen LogP contribution in [0.15, 0.2) is 72.3 Å². The predicted octanol–water partition coefficient (Wildman–Crippen LogP) is 5.32. The first-order valence-electron chi connectivity index (χ1n) is 8.69. The molecule has 0 spiro atoms. The van der Waals surface area contributed by atoms with E-state index in [0.29, 0.717) is 22.7 Å². The fraction of sp³-hybridized carbons (Fsp3) is 0.0435. The Morgan fingerprint density at radius 2 is 1.90 bits per heavy atom. The first kappa shape index (κ1) is 20.1. The summed E-state index contributed by atoms with van der Waals surface area (Å²) in [5, 5.41) is 21.9. The summed E-state index contributed by atoms with van der Waals surface area (Å²) < 4.78 is 13.5. The number of benzene rings is 3. The second-order valence-corrected chi connectivity index (χ2v) is 6.76. The molecule has 0 aliphatic heterocycles. The minimum atomic E-state index is -0.588. The molecule has 3 aromatic rings. The normalized spacial score (nSPS) is 11.0. The molecule has 2 N–H and O–H groups in total. The van der Waals surface area contributed by atoms with Crippen LogP contribution >= 0.6 is 11.6 Å². The van der Waals surface area contributed by atoms with Gasteiger partial charge in [0.15, 0.2) is 0 Å². The summed E-state index contributed by atoms with van der Waals surface area (Å²) in [7, 11) is 0. The molecule has 144 valence electrons. The van der Waals surface area contributed by atoms with Crippen LogP contribution in [0.5, 0.6) is 5.75 Å². The fourth-order valence-corrected chi connectivity index (χ4v) is 2.96. The molecule has 0 bridgehead atoms. The van der Waals surface area contributed by atoms with Crippen molar-refractivity contribution in [3.8, 4) is 11.8 Å². The van der Waals surface area contributed by atoms with Gasteiger partial charge >= 0.3 is 0 Å². The number of nitrogens with zero attached hydrogens (tertiary/aromatic N) is 1. The Balaban J connectivity index is 1.90. The van der Waals surface area contributed by atoms with Gasteiger partial charge in [0.25, 0.3) is 5.91 Å². The molecule has 0 heterocycles. The predicted molar refractivity (Wildman–Crippen MR) is 111 cm³/mol. The lowest BCUT2D eigenvalue weighted by Crippen LogP contribution is -2.13. The Bertz CT molecular complexity index is 1120. The highest BCUT2D eigenvalue weighted by Gasteiger charge is 2.12. The van der Waals surface area contributed by atoms with E-state index in [-0.39, 0.29) is 17.1 Å². The smallest absolute Gasteiger partial charge is 0.266 e. The number of halogens is 2. The fourth-order valence-electron chi connectivity index (χ4n) is 2.78. The number of carbonyl (C=O) groups is 1. The van der Waals surface area contributed by atoms with E-state index >= 15 is 0 Å². The summed E-state index contributed by atoms with van der Waals surface area (Å²) in [5.41, 5.74) is 2.49. The van der Waals surface area contributed by atoms with Gasteiger partial charge in [-0.1, -0.05) is 29.8 Å². The van der Waals surface area contributed by atoms with Gasteiger partial charge in [-0.2, -0.15) is 5.26 Å². The van der Waals surface area contributed by atoms with Gasteiger partial charge in [0, 0.05) is 10.7 Å². The Labute approximate surface area is 172 Å². The quantitative estimate of drug-likeness (QED) is 0.342. The van der Waals surface area contributed by atoms with Crippen LogP contribution in [-0.2, 0) is 11.2 Å². The maximum Gasteiger partial charge on any atom is 0.266 e. The Morgan fingerprint density at radius 1 is 1.14 bits per heavy atom. The first-order chi connectivity index (χ1) is 13.9. The molecule has 0 saturated heterocycles. The number of aromatic hydroxyl groups is 1. The maximum absolute atomic E-state index is 13.5. The second kappa shape index (κ2) is 9.05. The van der Waals surface area contributed by atoms with Crippen molar-refractivity contribution in [2.24, 2.45) is 0 Å². The molecule has 0 aliphatic rings. The number of nitriles is 1. The summed E-state index contributed by atoms with van der Waals surface area (Å²) in [5.74, 6) is -0.852. The van der Waals surface area contributed by atoms with Crippen molar-refractivity contribution in [3.05, 3.63) is 99.8 Å². The monoisotopic (exact) mass is 406 g/mol. The molecular formula is C23H16ClFN2O2. The molecule has 0 aromatic heterocycles. The number of phenols is 1. The summed E-state index contributed by atoms with van der Waals surface area (Å²) in [6, 6.07) is 19.2. The van der Waals surface area contributed by atoms with Gasteiger partial charge in [0.05, 0.1) is 0 Å². The largest absolute Gasteiger partial charge is 0.508 e. The first-order valence-corrected chi connectivity index (χ1v) is 9.07.